The summed E-state index contributed by atoms with van der Waals surface area (Å²) in [4.78, 5) is 0. The fourth-order valence-corrected chi connectivity index (χ4v) is 2.33. The Labute approximate surface area is 133 Å². The zero-order valence-electron chi connectivity index (χ0n) is 13.6. The van der Waals surface area contributed by atoms with Crippen molar-refractivity contribution in [2.75, 3.05) is 7.11 Å². The van der Waals surface area contributed by atoms with E-state index in [4.69, 9.17) is 4.74 Å². The molecular formula is C20H24O2. The van der Waals surface area contributed by atoms with E-state index in [1.165, 1.54) is 11.1 Å². The molecule has 0 heterocycles. The van der Waals surface area contributed by atoms with Gasteiger partial charge in [-0.05, 0) is 68.0 Å². The topological polar surface area (TPSA) is 29.5 Å². The smallest absolute Gasteiger partial charge is 0.119 e. The lowest BCUT2D eigenvalue weighted by Gasteiger charge is -2.07. The van der Waals surface area contributed by atoms with E-state index in [9.17, 15) is 5.11 Å². The number of phenolic OH excluding ortho intramolecular Hbond substituents is 1. The maximum absolute atomic E-state index is 10.1. The fourth-order valence-electron chi connectivity index (χ4n) is 2.33. The molecule has 0 bridgehead atoms. The first-order valence-electron chi connectivity index (χ1n) is 7.65. The molecular weight excluding hydrogens is 272 g/mol. The highest BCUT2D eigenvalue weighted by Gasteiger charge is 2.03. The van der Waals surface area contributed by atoms with Gasteiger partial charge in [-0.2, -0.15) is 0 Å². The van der Waals surface area contributed by atoms with Gasteiger partial charge in [-0.1, -0.05) is 35.9 Å². The van der Waals surface area contributed by atoms with Crippen molar-refractivity contribution < 1.29 is 9.84 Å². The summed E-state index contributed by atoms with van der Waals surface area (Å²) in [6, 6.07) is 14.2. The lowest BCUT2D eigenvalue weighted by atomic mass is 10.0. The van der Waals surface area contributed by atoms with Gasteiger partial charge in [0.1, 0.15) is 11.5 Å². The molecule has 0 aromatic heterocycles. The molecule has 2 aromatic rings. The van der Waals surface area contributed by atoms with Gasteiger partial charge in [0.15, 0.2) is 0 Å². The molecule has 0 saturated carbocycles. The lowest BCUT2D eigenvalue weighted by Crippen LogP contribution is -1.93. The molecule has 2 nitrogen and oxygen atoms in total. The van der Waals surface area contributed by atoms with E-state index >= 15 is 0 Å². The molecule has 0 unspecified atom stereocenters. The van der Waals surface area contributed by atoms with Crippen LogP contribution in [0.15, 0.2) is 54.1 Å². The molecule has 0 amide bonds. The van der Waals surface area contributed by atoms with Crippen molar-refractivity contribution in [2.24, 2.45) is 0 Å². The Morgan fingerprint density at radius 3 is 2.23 bits per heavy atom. The van der Waals surface area contributed by atoms with Gasteiger partial charge in [0.05, 0.1) is 7.11 Å². The van der Waals surface area contributed by atoms with Crippen molar-refractivity contribution in [3.63, 3.8) is 0 Å². The van der Waals surface area contributed by atoms with Gasteiger partial charge >= 0.3 is 0 Å². The van der Waals surface area contributed by atoms with E-state index < -0.39 is 0 Å². The number of aryl methyl sites for hydroxylation is 2. The Balaban J connectivity index is 1.98. The van der Waals surface area contributed by atoms with Crippen molar-refractivity contribution in [1.82, 2.24) is 0 Å². The van der Waals surface area contributed by atoms with Gasteiger partial charge < -0.3 is 9.84 Å². The van der Waals surface area contributed by atoms with Crippen LogP contribution in [0.3, 0.4) is 0 Å². The predicted molar refractivity (Wildman–Crippen MR) is 91.6 cm³/mol. The van der Waals surface area contributed by atoms with Crippen molar-refractivity contribution >= 4 is 0 Å². The Hall–Kier alpha value is -2.22. The quantitative estimate of drug-likeness (QED) is 0.783. The third-order valence-electron chi connectivity index (χ3n) is 3.74. The molecule has 0 fully saturated rings. The minimum atomic E-state index is 0.393. The van der Waals surface area contributed by atoms with Gasteiger partial charge in [0, 0.05) is 0 Å². The number of hydrogen-bond acceptors (Lipinski definition) is 2. The van der Waals surface area contributed by atoms with Crippen LogP contribution < -0.4 is 4.74 Å². The largest absolute Gasteiger partial charge is 0.508 e. The van der Waals surface area contributed by atoms with Crippen LogP contribution >= 0.6 is 0 Å². The van der Waals surface area contributed by atoms with E-state index in [2.05, 4.69) is 38.1 Å². The summed E-state index contributed by atoms with van der Waals surface area (Å²) in [5, 5.41) is 10.1. The first-order chi connectivity index (χ1) is 10.6. The highest BCUT2D eigenvalue weighted by atomic mass is 16.5. The molecule has 0 aliphatic heterocycles. The van der Waals surface area contributed by atoms with Crippen LogP contribution in [0, 0.1) is 0 Å². The summed E-state index contributed by atoms with van der Waals surface area (Å²) in [6.07, 6.45) is 4.79. The molecule has 22 heavy (non-hydrogen) atoms. The second kappa shape index (κ2) is 7.69. The maximum atomic E-state index is 10.1. The Kier molecular flexibility index (Phi) is 5.65. The Morgan fingerprint density at radius 2 is 1.64 bits per heavy atom. The van der Waals surface area contributed by atoms with Crippen LogP contribution in [-0.2, 0) is 19.3 Å². The third kappa shape index (κ3) is 4.66. The number of rotatable bonds is 6. The van der Waals surface area contributed by atoms with Gasteiger partial charge in [0.25, 0.3) is 0 Å². The fraction of sp³-hybridized carbons (Fsp3) is 0.300. The highest BCUT2D eigenvalue weighted by Crippen LogP contribution is 2.21. The van der Waals surface area contributed by atoms with Crippen LogP contribution in [0.5, 0.6) is 11.5 Å². The maximum Gasteiger partial charge on any atom is 0.119 e. The van der Waals surface area contributed by atoms with E-state index in [1.807, 2.05) is 24.3 Å². The van der Waals surface area contributed by atoms with E-state index in [0.717, 1.165) is 36.1 Å². The molecule has 0 aliphatic rings. The molecule has 0 spiro atoms. The monoisotopic (exact) mass is 296 g/mol. The van der Waals surface area contributed by atoms with Gasteiger partial charge in [-0.3, -0.25) is 0 Å². The first kappa shape index (κ1) is 16.2. The van der Waals surface area contributed by atoms with Crippen molar-refractivity contribution in [2.45, 2.75) is 33.1 Å². The zero-order chi connectivity index (χ0) is 15.9. The van der Waals surface area contributed by atoms with Crippen LogP contribution in [0.1, 0.15) is 30.5 Å². The lowest BCUT2D eigenvalue weighted by molar-refractivity contribution is 0.414. The average molecular weight is 296 g/mol. The number of hydrogen-bond donors (Lipinski definition) is 1. The Morgan fingerprint density at radius 1 is 1.00 bits per heavy atom. The number of methoxy groups -OCH3 is 1. The summed E-state index contributed by atoms with van der Waals surface area (Å²) < 4.78 is 5.16. The predicted octanol–water partition coefficient (Wildman–Crippen LogP) is 4.69. The summed E-state index contributed by atoms with van der Waals surface area (Å²) in [5.41, 5.74) is 4.68. The molecule has 0 aliphatic carbocycles. The molecule has 1 N–H and O–H groups in total. The number of allylic oxidation sites excluding steroid dienone is 2. The molecule has 2 rings (SSSR count). The number of aromatic hydroxyl groups is 1. The van der Waals surface area contributed by atoms with Crippen LogP contribution in [0.4, 0.5) is 0 Å². The van der Waals surface area contributed by atoms with Crippen molar-refractivity contribution in [3.05, 3.63) is 70.8 Å². The van der Waals surface area contributed by atoms with Crippen LogP contribution in [-0.4, -0.2) is 12.2 Å². The third-order valence-corrected chi connectivity index (χ3v) is 3.74. The van der Waals surface area contributed by atoms with Crippen LogP contribution in [0.25, 0.3) is 0 Å². The molecule has 116 valence electrons. The van der Waals surface area contributed by atoms with Crippen molar-refractivity contribution in [3.8, 4) is 11.5 Å². The van der Waals surface area contributed by atoms with E-state index in [0.29, 0.717) is 5.75 Å². The van der Waals surface area contributed by atoms with Gasteiger partial charge in [-0.15, -0.1) is 0 Å². The van der Waals surface area contributed by atoms with Crippen molar-refractivity contribution in [1.29, 1.82) is 0 Å². The summed E-state index contributed by atoms with van der Waals surface area (Å²) >= 11 is 0. The van der Waals surface area contributed by atoms with Crippen LogP contribution in [0.2, 0.25) is 0 Å². The van der Waals surface area contributed by atoms with Gasteiger partial charge in [0.2, 0.25) is 0 Å². The first-order valence-corrected chi connectivity index (χ1v) is 7.65. The number of ether oxygens (including phenoxy) is 1. The molecule has 0 saturated heterocycles. The normalized spacial score (nSPS) is 10.3. The molecule has 0 atom stereocenters. The number of benzene rings is 2. The molecule has 2 aromatic carbocycles. The average Bonchev–Trinajstić information content (AvgIpc) is 2.52. The summed E-state index contributed by atoms with van der Waals surface area (Å²) in [7, 11) is 1.68. The molecule has 0 radical (unpaired) electrons. The second-order valence-electron chi connectivity index (χ2n) is 5.80. The van der Waals surface area contributed by atoms with E-state index in [1.54, 1.807) is 7.11 Å². The van der Waals surface area contributed by atoms with E-state index in [-0.39, 0.29) is 0 Å². The SMILES string of the molecule is COc1ccc(CCc2ccc(CC=C(C)C)c(O)c2)cc1. The summed E-state index contributed by atoms with van der Waals surface area (Å²) in [6.45, 7) is 4.14. The second-order valence-corrected chi connectivity index (χ2v) is 5.80. The highest BCUT2D eigenvalue weighted by molar-refractivity contribution is 5.38. The minimum absolute atomic E-state index is 0.393. The zero-order valence-corrected chi connectivity index (χ0v) is 13.6. The minimum Gasteiger partial charge on any atom is -0.508 e. The standard InChI is InChI=1S/C20H24O2/c1-15(2)4-10-18-11-7-17(14-20(18)21)6-5-16-8-12-19(22-3)13-9-16/h4,7-9,11-14,21H,5-6,10H2,1-3H3. The van der Waals surface area contributed by atoms with Gasteiger partial charge in [-0.25, -0.2) is 0 Å². The summed E-state index contributed by atoms with van der Waals surface area (Å²) in [5.74, 6) is 1.27. The molecule has 2 heteroatoms. The Bertz CT molecular complexity index is 635. The number of phenols is 1.